The number of halogens is 2. The number of benzene rings is 2. The first kappa shape index (κ1) is 26.5. The third kappa shape index (κ3) is 5.10. The lowest BCUT2D eigenvalue weighted by Gasteiger charge is -2.16. The van der Waals surface area contributed by atoms with Gasteiger partial charge in [-0.3, -0.25) is 19.4 Å². The number of carbonyl (C=O) groups excluding carboxylic acids is 3. The van der Waals surface area contributed by atoms with Crippen molar-refractivity contribution in [3.05, 3.63) is 78.1 Å². The number of aromatic nitrogens is 2. The molecule has 0 unspecified atom stereocenters. The quantitative estimate of drug-likeness (QED) is 0.278. The fraction of sp³-hybridized carbons (Fsp3) is 0.179. The van der Waals surface area contributed by atoms with E-state index in [1.54, 1.807) is 0 Å². The van der Waals surface area contributed by atoms with E-state index in [-0.39, 0.29) is 34.1 Å². The fourth-order valence-corrected chi connectivity index (χ4v) is 4.04. The molecule has 1 aliphatic carbocycles. The van der Waals surface area contributed by atoms with Crippen LogP contribution in [0, 0.1) is 17.0 Å². The van der Waals surface area contributed by atoms with Gasteiger partial charge in [0.2, 0.25) is 11.8 Å². The molecule has 5 rings (SSSR count). The highest BCUT2D eigenvalue weighted by atomic mass is 19.1. The van der Waals surface area contributed by atoms with Crippen molar-refractivity contribution in [1.82, 2.24) is 15.3 Å². The minimum atomic E-state index is -1.30. The summed E-state index contributed by atoms with van der Waals surface area (Å²) in [6.45, 7) is 0. The van der Waals surface area contributed by atoms with E-state index in [1.165, 1.54) is 68.9 Å². The van der Waals surface area contributed by atoms with Crippen LogP contribution in [0.5, 0.6) is 17.2 Å². The number of ether oxygens (including phenoxy) is 2. The van der Waals surface area contributed by atoms with E-state index < -0.39 is 34.8 Å². The summed E-state index contributed by atoms with van der Waals surface area (Å²) in [5.74, 6) is -2.65. The Bertz CT molecular complexity index is 1640. The van der Waals surface area contributed by atoms with E-state index >= 15 is 4.39 Å². The summed E-state index contributed by atoms with van der Waals surface area (Å²) < 4.78 is 39.2. The summed E-state index contributed by atoms with van der Waals surface area (Å²) >= 11 is 0. The molecule has 40 heavy (non-hydrogen) atoms. The van der Waals surface area contributed by atoms with Crippen molar-refractivity contribution in [3.8, 4) is 17.2 Å². The maximum absolute atomic E-state index is 15.1. The predicted molar refractivity (Wildman–Crippen MR) is 141 cm³/mol. The number of fused-ring (bicyclic) bond motifs is 1. The molecule has 1 fully saturated rings. The zero-order valence-electron chi connectivity index (χ0n) is 21.4. The Morgan fingerprint density at radius 1 is 0.875 bits per heavy atom. The number of nitrogens with one attached hydrogen (secondary N) is 3. The molecule has 2 aromatic heterocycles. The molecule has 0 spiro atoms. The van der Waals surface area contributed by atoms with Crippen molar-refractivity contribution in [2.75, 3.05) is 24.8 Å². The first-order valence-electron chi connectivity index (χ1n) is 12.2. The molecule has 4 aromatic rings. The van der Waals surface area contributed by atoms with Gasteiger partial charge in [0, 0.05) is 42.8 Å². The van der Waals surface area contributed by atoms with Crippen LogP contribution in [0.3, 0.4) is 0 Å². The highest BCUT2D eigenvalue weighted by Crippen LogP contribution is 2.47. The normalized spacial score (nSPS) is 13.3. The van der Waals surface area contributed by atoms with E-state index in [1.807, 2.05) is 0 Å². The van der Waals surface area contributed by atoms with Crippen LogP contribution in [-0.4, -0.2) is 41.8 Å². The molecule has 0 atom stereocenters. The first-order valence-corrected chi connectivity index (χ1v) is 12.2. The minimum absolute atomic E-state index is 0.00588. The van der Waals surface area contributed by atoms with Crippen molar-refractivity contribution in [2.24, 2.45) is 5.41 Å². The highest BCUT2D eigenvalue weighted by molar-refractivity contribution is 6.16. The molecule has 1 aliphatic rings. The average molecular weight is 548 g/mol. The Hall–Kier alpha value is -5.13. The van der Waals surface area contributed by atoms with Crippen LogP contribution >= 0.6 is 0 Å². The number of methoxy groups -OCH3 is 1. The second-order valence-electron chi connectivity index (χ2n) is 9.04. The van der Waals surface area contributed by atoms with Crippen molar-refractivity contribution in [2.45, 2.75) is 12.8 Å². The molecule has 10 nitrogen and oxygen atoms in total. The smallest absolute Gasteiger partial charge is 0.273 e. The molecule has 12 heteroatoms. The standard InChI is InChI=1S/C28H23F2N5O5/c1-31-25(36)24-22(39-2)14-19-23(35-24)21(9-12-32-19)40-20-8-7-17(13-18(20)30)34-27(38)28(10-11-28)26(37)33-16-5-3-15(29)4-6-16/h3-9,12-14H,10-11H2,1-2H3,(H,31,36)(H,33,37)(H,34,38). The molecule has 0 aliphatic heterocycles. The zero-order chi connectivity index (χ0) is 28.4. The Morgan fingerprint density at radius 3 is 2.17 bits per heavy atom. The monoisotopic (exact) mass is 547 g/mol. The second kappa shape index (κ2) is 10.6. The van der Waals surface area contributed by atoms with Gasteiger partial charge in [-0.05, 0) is 49.2 Å². The van der Waals surface area contributed by atoms with Crippen LogP contribution in [0.2, 0.25) is 0 Å². The second-order valence-corrected chi connectivity index (χ2v) is 9.04. The molecular formula is C28H23F2N5O5. The number of carbonyl (C=O) groups is 3. The predicted octanol–water partition coefficient (Wildman–Crippen LogP) is 4.43. The van der Waals surface area contributed by atoms with E-state index in [4.69, 9.17) is 9.47 Å². The summed E-state index contributed by atoms with van der Waals surface area (Å²) in [7, 11) is 2.85. The van der Waals surface area contributed by atoms with Crippen LogP contribution in [0.15, 0.2) is 60.8 Å². The number of pyridine rings is 2. The number of amides is 3. The minimum Gasteiger partial charge on any atom is -0.494 e. The van der Waals surface area contributed by atoms with Gasteiger partial charge >= 0.3 is 0 Å². The van der Waals surface area contributed by atoms with Gasteiger partial charge in [0.05, 0.1) is 12.6 Å². The lowest BCUT2D eigenvalue weighted by Crippen LogP contribution is -2.35. The fourth-order valence-electron chi connectivity index (χ4n) is 4.04. The summed E-state index contributed by atoms with van der Waals surface area (Å²) in [6, 6.07) is 12.0. The Kier molecular flexibility index (Phi) is 6.99. The van der Waals surface area contributed by atoms with E-state index in [9.17, 15) is 18.8 Å². The largest absolute Gasteiger partial charge is 0.494 e. The van der Waals surface area contributed by atoms with Gasteiger partial charge in [0.15, 0.2) is 28.8 Å². The third-order valence-corrected chi connectivity index (χ3v) is 6.43. The molecule has 204 valence electrons. The van der Waals surface area contributed by atoms with Crippen molar-refractivity contribution in [1.29, 1.82) is 0 Å². The van der Waals surface area contributed by atoms with Crippen molar-refractivity contribution >= 4 is 40.1 Å². The zero-order valence-corrected chi connectivity index (χ0v) is 21.4. The number of anilines is 2. The molecule has 0 radical (unpaired) electrons. The molecular weight excluding hydrogens is 524 g/mol. The summed E-state index contributed by atoms with van der Waals surface area (Å²) in [5, 5.41) is 7.68. The van der Waals surface area contributed by atoms with Crippen LogP contribution < -0.4 is 25.4 Å². The number of hydrogen-bond donors (Lipinski definition) is 3. The van der Waals surface area contributed by atoms with Crippen LogP contribution in [0.25, 0.3) is 11.0 Å². The Balaban J connectivity index is 1.33. The van der Waals surface area contributed by atoms with Crippen LogP contribution in [0.1, 0.15) is 23.3 Å². The van der Waals surface area contributed by atoms with Gasteiger partial charge in [0.1, 0.15) is 16.7 Å². The maximum Gasteiger partial charge on any atom is 0.273 e. The number of rotatable bonds is 8. The maximum atomic E-state index is 15.1. The molecule has 1 saturated carbocycles. The van der Waals surface area contributed by atoms with E-state index in [0.717, 1.165) is 6.07 Å². The van der Waals surface area contributed by atoms with Gasteiger partial charge in [-0.25, -0.2) is 13.8 Å². The summed E-state index contributed by atoms with van der Waals surface area (Å²) in [4.78, 5) is 46.5. The average Bonchev–Trinajstić information content (AvgIpc) is 3.77. The van der Waals surface area contributed by atoms with Gasteiger partial charge in [0.25, 0.3) is 5.91 Å². The third-order valence-electron chi connectivity index (χ3n) is 6.43. The molecule has 3 amide bonds. The van der Waals surface area contributed by atoms with Gasteiger partial charge in [-0.1, -0.05) is 0 Å². The van der Waals surface area contributed by atoms with Crippen LogP contribution in [0.4, 0.5) is 20.2 Å². The summed E-state index contributed by atoms with van der Waals surface area (Å²) in [5.41, 5.74) is -0.240. The Morgan fingerprint density at radius 2 is 1.55 bits per heavy atom. The number of hydrogen-bond acceptors (Lipinski definition) is 7. The van der Waals surface area contributed by atoms with Crippen molar-refractivity contribution < 1.29 is 32.6 Å². The lowest BCUT2D eigenvalue weighted by atomic mass is 10.0. The Labute approximate surface area is 226 Å². The van der Waals surface area contributed by atoms with Gasteiger partial charge < -0.3 is 25.4 Å². The molecule has 2 aromatic carbocycles. The highest BCUT2D eigenvalue weighted by Gasteiger charge is 2.56. The SMILES string of the molecule is CNC(=O)c1nc2c(Oc3ccc(NC(=O)C4(C(=O)Nc5ccc(F)cc5)CC4)cc3F)ccnc2cc1OC. The van der Waals surface area contributed by atoms with E-state index in [0.29, 0.717) is 24.0 Å². The van der Waals surface area contributed by atoms with Crippen molar-refractivity contribution in [3.63, 3.8) is 0 Å². The molecule has 2 heterocycles. The topological polar surface area (TPSA) is 132 Å². The first-order chi connectivity index (χ1) is 19.2. The summed E-state index contributed by atoms with van der Waals surface area (Å²) in [6.07, 6.45) is 2.08. The molecule has 3 N–H and O–H groups in total. The van der Waals surface area contributed by atoms with Gasteiger partial charge in [-0.2, -0.15) is 0 Å². The number of nitrogens with zero attached hydrogens (tertiary/aromatic N) is 2. The molecule has 0 saturated heterocycles. The molecule has 0 bridgehead atoms. The van der Waals surface area contributed by atoms with Gasteiger partial charge in [-0.15, -0.1) is 0 Å². The van der Waals surface area contributed by atoms with Crippen LogP contribution in [-0.2, 0) is 9.59 Å². The van der Waals surface area contributed by atoms with E-state index in [2.05, 4.69) is 25.9 Å². The lowest BCUT2D eigenvalue weighted by molar-refractivity contribution is -0.131.